The summed E-state index contributed by atoms with van der Waals surface area (Å²) in [5, 5.41) is 18.7. The van der Waals surface area contributed by atoms with E-state index in [1.807, 2.05) is 26.2 Å². The van der Waals surface area contributed by atoms with Crippen molar-refractivity contribution in [1.29, 1.82) is 0 Å². The summed E-state index contributed by atoms with van der Waals surface area (Å²) in [7, 11) is 3.68. The van der Waals surface area contributed by atoms with Crippen LogP contribution in [0.3, 0.4) is 0 Å². The van der Waals surface area contributed by atoms with E-state index in [1.54, 1.807) is 4.90 Å². The zero-order valence-electron chi connectivity index (χ0n) is 26.3. The van der Waals surface area contributed by atoms with Gasteiger partial charge in [-0.25, -0.2) is 0 Å². The van der Waals surface area contributed by atoms with Gasteiger partial charge in [0, 0.05) is 38.7 Å². The van der Waals surface area contributed by atoms with Crippen molar-refractivity contribution in [2.45, 2.75) is 88.0 Å². The number of nitrogens with zero attached hydrogens (tertiary/aromatic N) is 2. The van der Waals surface area contributed by atoms with Gasteiger partial charge in [0.25, 0.3) is 5.91 Å². The third-order valence-corrected chi connectivity index (χ3v) is 8.52. The molecule has 2 amide bonds. The zero-order valence-corrected chi connectivity index (χ0v) is 26.3. The second kappa shape index (κ2) is 13.0. The van der Waals surface area contributed by atoms with E-state index in [4.69, 9.17) is 0 Å². The molecule has 0 aliphatic heterocycles. The van der Waals surface area contributed by atoms with Crippen molar-refractivity contribution in [3.63, 3.8) is 0 Å². The average molecular weight is 533 g/mol. The van der Waals surface area contributed by atoms with E-state index >= 15 is 0 Å². The van der Waals surface area contributed by atoms with E-state index < -0.39 is 0 Å². The molecule has 0 aromatic heterocycles. The fourth-order valence-corrected chi connectivity index (χ4v) is 5.32. The molecule has 0 bridgehead atoms. The van der Waals surface area contributed by atoms with Crippen LogP contribution in [0.5, 0.6) is 0 Å². The molecule has 2 N–H and O–H groups in total. The van der Waals surface area contributed by atoms with Crippen LogP contribution in [0.25, 0.3) is 0 Å². The van der Waals surface area contributed by atoms with Crippen molar-refractivity contribution >= 4 is 11.8 Å². The first-order valence-corrected chi connectivity index (χ1v) is 14.0. The van der Waals surface area contributed by atoms with Crippen LogP contribution in [0.15, 0.2) is 24.3 Å². The molecule has 38 heavy (non-hydrogen) atoms. The second-order valence-corrected chi connectivity index (χ2v) is 14.6. The summed E-state index contributed by atoms with van der Waals surface area (Å²) in [5.41, 5.74) is 1.31. The van der Waals surface area contributed by atoms with Gasteiger partial charge < -0.3 is 20.0 Å². The largest absolute Gasteiger partial charge is 0.395 e. The molecule has 0 radical (unpaired) electrons. The molecule has 0 fully saturated rings. The van der Waals surface area contributed by atoms with Crippen LogP contribution in [-0.2, 0) is 4.79 Å². The SMILES string of the molecule is CN(C)C(=O)C(CC(C)(C)C(C)(C)C(CC(C)(C)C)c1ccc(C(=O)N(CCO)CCO)cc1)C(C)(C)C. The molecule has 6 heteroatoms. The Morgan fingerprint density at radius 3 is 1.63 bits per heavy atom. The molecule has 1 aromatic carbocycles. The van der Waals surface area contributed by atoms with Gasteiger partial charge in [-0.05, 0) is 58.1 Å². The minimum atomic E-state index is -0.193. The van der Waals surface area contributed by atoms with Crippen LogP contribution in [0, 0.1) is 27.6 Å². The highest BCUT2D eigenvalue weighted by atomic mass is 16.3. The normalized spacial score (nSPS) is 14.7. The van der Waals surface area contributed by atoms with Gasteiger partial charge in [-0.2, -0.15) is 0 Å². The predicted octanol–water partition coefficient (Wildman–Crippen LogP) is 5.83. The summed E-state index contributed by atoms with van der Waals surface area (Å²) in [6.45, 7) is 22.6. The Morgan fingerprint density at radius 1 is 0.789 bits per heavy atom. The van der Waals surface area contributed by atoms with Crippen molar-refractivity contribution in [3.05, 3.63) is 35.4 Å². The Labute approximate surface area is 232 Å². The van der Waals surface area contributed by atoms with Gasteiger partial charge in [0.15, 0.2) is 0 Å². The van der Waals surface area contributed by atoms with Gasteiger partial charge in [-0.15, -0.1) is 0 Å². The summed E-state index contributed by atoms with van der Waals surface area (Å²) in [6, 6.07) is 7.85. The predicted molar refractivity (Wildman–Crippen MR) is 157 cm³/mol. The van der Waals surface area contributed by atoms with E-state index in [0.717, 1.165) is 12.8 Å². The highest BCUT2D eigenvalue weighted by molar-refractivity contribution is 5.94. The van der Waals surface area contributed by atoms with Crippen molar-refractivity contribution in [1.82, 2.24) is 9.80 Å². The maximum Gasteiger partial charge on any atom is 0.254 e. The summed E-state index contributed by atoms with van der Waals surface area (Å²) >= 11 is 0. The number of aliphatic hydroxyl groups excluding tert-OH is 2. The first kappa shape index (κ1) is 34.1. The van der Waals surface area contributed by atoms with E-state index in [0.29, 0.717) is 5.56 Å². The minimum absolute atomic E-state index is 0.0778. The number of rotatable bonds is 12. The topological polar surface area (TPSA) is 81.1 Å². The summed E-state index contributed by atoms with van der Waals surface area (Å²) in [4.78, 5) is 29.5. The van der Waals surface area contributed by atoms with Gasteiger partial charge in [0.2, 0.25) is 5.91 Å². The molecule has 0 aliphatic carbocycles. The van der Waals surface area contributed by atoms with Crippen LogP contribution in [0.2, 0.25) is 0 Å². The molecule has 1 rings (SSSR count). The molecule has 2 unspecified atom stereocenters. The number of benzene rings is 1. The first-order valence-electron chi connectivity index (χ1n) is 14.0. The number of aliphatic hydroxyl groups is 2. The van der Waals surface area contributed by atoms with E-state index in [2.05, 4.69) is 81.4 Å². The van der Waals surface area contributed by atoms with Gasteiger partial charge >= 0.3 is 0 Å². The molecule has 0 saturated heterocycles. The Morgan fingerprint density at radius 2 is 1.26 bits per heavy atom. The highest BCUT2D eigenvalue weighted by Gasteiger charge is 2.48. The molecular weight excluding hydrogens is 476 g/mol. The lowest BCUT2D eigenvalue weighted by Crippen LogP contribution is -2.45. The van der Waals surface area contributed by atoms with Crippen molar-refractivity contribution in [3.8, 4) is 0 Å². The number of carbonyl (C=O) groups excluding carboxylic acids is 2. The summed E-state index contributed by atoms with van der Waals surface area (Å²) in [6.07, 6.45) is 1.73. The smallest absolute Gasteiger partial charge is 0.254 e. The lowest BCUT2D eigenvalue weighted by molar-refractivity contribution is -0.139. The summed E-state index contributed by atoms with van der Waals surface area (Å²) in [5.74, 6) is 0.0718. The lowest BCUT2D eigenvalue weighted by Gasteiger charge is -2.51. The molecule has 1 aromatic rings. The summed E-state index contributed by atoms with van der Waals surface area (Å²) < 4.78 is 0. The number of hydrogen-bond acceptors (Lipinski definition) is 4. The van der Waals surface area contributed by atoms with E-state index in [1.165, 1.54) is 10.5 Å². The Bertz CT molecular complexity index is 899. The number of carbonyl (C=O) groups is 2. The lowest BCUT2D eigenvalue weighted by atomic mass is 9.53. The van der Waals surface area contributed by atoms with Gasteiger partial charge in [0.05, 0.1) is 13.2 Å². The first-order chi connectivity index (χ1) is 17.2. The van der Waals surface area contributed by atoms with Crippen LogP contribution in [-0.4, -0.2) is 72.2 Å². The van der Waals surface area contributed by atoms with Gasteiger partial charge in [0.1, 0.15) is 0 Å². The number of amides is 2. The van der Waals surface area contributed by atoms with E-state index in [-0.39, 0.29) is 71.6 Å². The van der Waals surface area contributed by atoms with Crippen LogP contribution >= 0.6 is 0 Å². The fourth-order valence-electron chi connectivity index (χ4n) is 5.32. The van der Waals surface area contributed by atoms with Crippen LogP contribution < -0.4 is 0 Å². The molecule has 0 aliphatic rings. The van der Waals surface area contributed by atoms with Crippen molar-refractivity contribution < 1.29 is 19.8 Å². The molecule has 6 nitrogen and oxygen atoms in total. The Balaban J connectivity index is 3.48. The third kappa shape index (κ3) is 8.81. The molecule has 0 heterocycles. The third-order valence-electron chi connectivity index (χ3n) is 8.52. The Kier molecular flexibility index (Phi) is 11.6. The average Bonchev–Trinajstić information content (AvgIpc) is 2.78. The highest BCUT2D eigenvalue weighted by Crippen LogP contribution is 2.56. The molecule has 2 atom stereocenters. The fraction of sp³-hybridized carbons (Fsp3) is 0.750. The molecular formula is C32H56N2O4. The Hall–Kier alpha value is -1.92. The van der Waals surface area contributed by atoms with Gasteiger partial charge in [-0.3, -0.25) is 9.59 Å². The van der Waals surface area contributed by atoms with Crippen molar-refractivity contribution in [2.24, 2.45) is 27.6 Å². The monoisotopic (exact) mass is 532 g/mol. The maximum atomic E-state index is 13.3. The number of hydrogen-bond donors (Lipinski definition) is 2. The molecule has 0 spiro atoms. The molecule has 218 valence electrons. The minimum Gasteiger partial charge on any atom is -0.395 e. The van der Waals surface area contributed by atoms with Crippen LogP contribution in [0.4, 0.5) is 0 Å². The zero-order chi connectivity index (χ0) is 29.7. The standard InChI is InChI=1S/C32H56N2O4/c1-29(2,3)21-25(23-13-15-24(16-14-23)27(37)34(17-19-35)18-20-36)32(9,10)31(7,8)22-26(30(4,5)6)28(38)33(11)12/h13-16,25-26,35-36H,17-22H2,1-12H3. The maximum absolute atomic E-state index is 13.3. The van der Waals surface area contributed by atoms with E-state index in [9.17, 15) is 19.8 Å². The molecule has 0 saturated carbocycles. The van der Waals surface area contributed by atoms with Crippen molar-refractivity contribution in [2.75, 3.05) is 40.4 Å². The second-order valence-electron chi connectivity index (χ2n) is 14.6. The quantitative estimate of drug-likeness (QED) is 0.355. The van der Waals surface area contributed by atoms with Crippen LogP contribution in [0.1, 0.15) is 104 Å². The van der Waals surface area contributed by atoms with Gasteiger partial charge in [-0.1, -0.05) is 81.4 Å².